The molecule has 1 aromatic heterocycles. The molecular formula is C11H15N3O3. The Bertz CT molecular complexity index is 414. The number of carbonyl (C=O) groups is 1. The number of rotatable bonds is 2. The fourth-order valence-corrected chi connectivity index (χ4v) is 2.08. The van der Waals surface area contributed by atoms with Crippen molar-refractivity contribution in [3.05, 3.63) is 18.0 Å². The van der Waals surface area contributed by atoms with Crippen LogP contribution in [-0.4, -0.2) is 40.0 Å². The summed E-state index contributed by atoms with van der Waals surface area (Å²) in [4.78, 5) is 13.7. The zero-order chi connectivity index (χ0) is 12.3. The van der Waals surface area contributed by atoms with Crippen LogP contribution in [0.3, 0.4) is 0 Å². The molecule has 0 aromatic carbocycles. The second-order valence-electron chi connectivity index (χ2n) is 4.08. The molecule has 6 heteroatoms. The Morgan fingerprint density at radius 3 is 3.18 bits per heavy atom. The topological polar surface area (TPSA) is 78.9 Å². The molecule has 1 fully saturated rings. The van der Waals surface area contributed by atoms with Gasteiger partial charge in [0.15, 0.2) is 5.69 Å². The van der Waals surface area contributed by atoms with Gasteiger partial charge in [0.1, 0.15) is 6.26 Å². The van der Waals surface area contributed by atoms with E-state index in [9.17, 15) is 4.79 Å². The molecule has 0 aliphatic carbocycles. The predicted molar refractivity (Wildman–Crippen MR) is 60.0 cm³/mol. The third kappa shape index (κ3) is 2.30. The van der Waals surface area contributed by atoms with Crippen molar-refractivity contribution < 1.29 is 14.5 Å². The van der Waals surface area contributed by atoms with Crippen LogP contribution in [0.2, 0.25) is 0 Å². The monoisotopic (exact) mass is 237 g/mol. The van der Waals surface area contributed by atoms with Crippen LogP contribution in [0.25, 0.3) is 0 Å². The van der Waals surface area contributed by atoms with E-state index in [-0.39, 0.29) is 11.8 Å². The molecule has 0 spiro atoms. The van der Waals surface area contributed by atoms with Gasteiger partial charge in [0.05, 0.1) is 5.71 Å². The van der Waals surface area contributed by atoms with E-state index in [4.69, 9.17) is 5.21 Å². The minimum atomic E-state index is -0.130. The number of likely N-dealkylation sites (tertiary alicyclic amines) is 1. The molecule has 0 bridgehead atoms. The minimum absolute atomic E-state index is 0.129. The van der Waals surface area contributed by atoms with Gasteiger partial charge in [0, 0.05) is 31.5 Å². The molecular weight excluding hydrogens is 222 g/mol. The van der Waals surface area contributed by atoms with Crippen molar-refractivity contribution >= 4 is 11.6 Å². The van der Waals surface area contributed by atoms with Crippen LogP contribution in [-0.2, 0) is 0 Å². The SMILES string of the molecule is CCC1CN(C(=O)c2ccon2)CC/C1=N\O. The van der Waals surface area contributed by atoms with Crippen LogP contribution in [0.5, 0.6) is 0 Å². The van der Waals surface area contributed by atoms with Crippen LogP contribution in [0.15, 0.2) is 22.0 Å². The van der Waals surface area contributed by atoms with Crippen LogP contribution in [0.4, 0.5) is 0 Å². The van der Waals surface area contributed by atoms with E-state index in [1.807, 2.05) is 6.92 Å². The van der Waals surface area contributed by atoms with Gasteiger partial charge in [-0.3, -0.25) is 4.79 Å². The number of hydrogen-bond acceptors (Lipinski definition) is 5. The second kappa shape index (κ2) is 4.99. The van der Waals surface area contributed by atoms with Crippen molar-refractivity contribution in [3.8, 4) is 0 Å². The van der Waals surface area contributed by atoms with E-state index in [2.05, 4.69) is 14.8 Å². The highest BCUT2D eigenvalue weighted by molar-refractivity contribution is 5.94. The fourth-order valence-electron chi connectivity index (χ4n) is 2.08. The van der Waals surface area contributed by atoms with Gasteiger partial charge < -0.3 is 14.6 Å². The van der Waals surface area contributed by atoms with Gasteiger partial charge in [0.2, 0.25) is 0 Å². The normalized spacial score (nSPS) is 23.0. The smallest absolute Gasteiger partial charge is 0.276 e. The summed E-state index contributed by atoms with van der Waals surface area (Å²) in [6.45, 7) is 3.14. The van der Waals surface area contributed by atoms with Crippen molar-refractivity contribution in [2.24, 2.45) is 11.1 Å². The Morgan fingerprint density at radius 1 is 1.76 bits per heavy atom. The highest BCUT2D eigenvalue weighted by Crippen LogP contribution is 2.18. The molecule has 0 saturated carbocycles. The first kappa shape index (κ1) is 11.6. The van der Waals surface area contributed by atoms with E-state index in [1.54, 1.807) is 11.0 Å². The third-order valence-corrected chi connectivity index (χ3v) is 3.12. The molecule has 1 saturated heterocycles. The largest absolute Gasteiger partial charge is 0.411 e. The summed E-state index contributed by atoms with van der Waals surface area (Å²) in [6, 6.07) is 1.55. The molecule has 1 aliphatic heterocycles. The maximum Gasteiger partial charge on any atom is 0.276 e. The summed E-state index contributed by atoms with van der Waals surface area (Å²) in [5.41, 5.74) is 1.10. The lowest BCUT2D eigenvalue weighted by atomic mass is 9.93. The molecule has 1 unspecified atom stereocenters. The van der Waals surface area contributed by atoms with E-state index >= 15 is 0 Å². The van der Waals surface area contributed by atoms with Gasteiger partial charge in [-0.05, 0) is 6.42 Å². The quantitative estimate of drug-likeness (QED) is 0.622. The van der Waals surface area contributed by atoms with Crippen molar-refractivity contribution in [2.45, 2.75) is 19.8 Å². The highest BCUT2D eigenvalue weighted by atomic mass is 16.5. The van der Waals surface area contributed by atoms with E-state index in [1.165, 1.54) is 6.26 Å². The molecule has 1 amide bonds. The average Bonchev–Trinajstić information content (AvgIpc) is 2.90. The lowest BCUT2D eigenvalue weighted by molar-refractivity contribution is 0.0718. The summed E-state index contributed by atoms with van der Waals surface area (Å²) < 4.78 is 4.66. The number of carbonyl (C=O) groups excluding carboxylic acids is 1. The summed E-state index contributed by atoms with van der Waals surface area (Å²) in [5, 5.41) is 15.8. The summed E-state index contributed by atoms with van der Waals surface area (Å²) in [5.74, 6) is -0.00112. The number of oxime groups is 1. The Labute approximate surface area is 98.9 Å². The third-order valence-electron chi connectivity index (χ3n) is 3.12. The number of hydrogen-bond donors (Lipinski definition) is 1. The molecule has 6 nitrogen and oxygen atoms in total. The van der Waals surface area contributed by atoms with E-state index in [0.29, 0.717) is 25.2 Å². The van der Waals surface area contributed by atoms with Gasteiger partial charge in [0.25, 0.3) is 5.91 Å². The van der Waals surface area contributed by atoms with E-state index in [0.717, 1.165) is 12.1 Å². The lowest BCUT2D eigenvalue weighted by Gasteiger charge is -2.32. The summed E-state index contributed by atoms with van der Waals surface area (Å²) >= 11 is 0. The average molecular weight is 237 g/mol. The first-order valence-corrected chi connectivity index (χ1v) is 5.66. The molecule has 1 aliphatic rings. The Hall–Kier alpha value is -1.85. The maximum absolute atomic E-state index is 12.0. The molecule has 92 valence electrons. The van der Waals surface area contributed by atoms with Crippen molar-refractivity contribution in [2.75, 3.05) is 13.1 Å². The summed E-state index contributed by atoms with van der Waals surface area (Å²) in [7, 11) is 0. The Morgan fingerprint density at radius 2 is 2.59 bits per heavy atom. The van der Waals surface area contributed by atoms with Crippen molar-refractivity contribution in [1.82, 2.24) is 10.1 Å². The number of piperidine rings is 1. The lowest BCUT2D eigenvalue weighted by Crippen LogP contribution is -2.44. The molecule has 17 heavy (non-hydrogen) atoms. The van der Waals surface area contributed by atoms with Gasteiger partial charge in [-0.15, -0.1) is 0 Å². The van der Waals surface area contributed by atoms with Gasteiger partial charge in [-0.1, -0.05) is 17.2 Å². The standard InChI is InChI=1S/C11H15N3O3/c1-2-8-7-14(5-3-9(8)12-16)11(15)10-4-6-17-13-10/h4,6,8,16H,2-3,5,7H2,1H3/b12-9+. The zero-order valence-electron chi connectivity index (χ0n) is 9.67. The minimum Gasteiger partial charge on any atom is -0.411 e. The van der Waals surface area contributed by atoms with Crippen LogP contribution >= 0.6 is 0 Å². The maximum atomic E-state index is 12.0. The first-order chi connectivity index (χ1) is 8.26. The van der Waals surface area contributed by atoms with Gasteiger partial charge in [-0.2, -0.15) is 0 Å². The number of aromatic nitrogens is 1. The molecule has 1 atom stereocenters. The van der Waals surface area contributed by atoms with Crippen LogP contribution in [0.1, 0.15) is 30.3 Å². The molecule has 2 rings (SSSR count). The van der Waals surface area contributed by atoms with Crippen LogP contribution < -0.4 is 0 Å². The molecule has 0 radical (unpaired) electrons. The number of nitrogens with zero attached hydrogens (tertiary/aromatic N) is 3. The van der Waals surface area contributed by atoms with Gasteiger partial charge in [-0.25, -0.2) is 0 Å². The molecule has 2 heterocycles. The predicted octanol–water partition coefficient (Wildman–Crippen LogP) is 1.38. The van der Waals surface area contributed by atoms with Crippen molar-refractivity contribution in [1.29, 1.82) is 0 Å². The Balaban J connectivity index is 2.07. The van der Waals surface area contributed by atoms with Gasteiger partial charge >= 0.3 is 0 Å². The highest BCUT2D eigenvalue weighted by Gasteiger charge is 2.29. The van der Waals surface area contributed by atoms with Crippen molar-refractivity contribution in [3.63, 3.8) is 0 Å². The zero-order valence-corrected chi connectivity index (χ0v) is 9.67. The summed E-state index contributed by atoms with van der Waals surface area (Å²) in [6.07, 6.45) is 2.84. The second-order valence-corrected chi connectivity index (χ2v) is 4.08. The number of amides is 1. The van der Waals surface area contributed by atoms with E-state index < -0.39 is 0 Å². The molecule has 1 aromatic rings. The van der Waals surface area contributed by atoms with Crippen LogP contribution in [0, 0.1) is 5.92 Å². The fraction of sp³-hybridized carbons (Fsp3) is 0.545. The molecule has 1 N–H and O–H groups in total. The first-order valence-electron chi connectivity index (χ1n) is 5.66. The Kier molecular flexibility index (Phi) is 3.41.